The largest absolute Gasteiger partial charge is 0.348 e. The van der Waals surface area contributed by atoms with Crippen LogP contribution in [-0.4, -0.2) is 43.0 Å². The summed E-state index contributed by atoms with van der Waals surface area (Å²) in [4.78, 5) is 14.3. The summed E-state index contributed by atoms with van der Waals surface area (Å²) in [5.41, 5.74) is 1.16. The zero-order chi connectivity index (χ0) is 16.8. The molecule has 5 nitrogen and oxygen atoms in total. The van der Waals surface area contributed by atoms with E-state index in [1.54, 1.807) is 0 Å². The molecule has 1 saturated heterocycles. The topological polar surface area (TPSA) is 50.8 Å². The van der Waals surface area contributed by atoms with Crippen molar-refractivity contribution in [3.63, 3.8) is 0 Å². The summed E-state index contributed by atoms with van der Waals surface area (Å²) in [6.07, 6.45) is 3.97. The average Bonchev–Trinajstić information content (AvgIpc) is 3.08. The van der Waals surface area contributed by atoms with Crippen LogP contribution in [0.4, 0.5) is 4.79 Å². The third-order valence-electron chi connectivity index (χ3n) is 5.11. The lowest BCUT2D eigenvalue weighted by Crippen LogP contribution is -2.43. The SMILES string of the molecule is CCN(Cc1ccccc1)C(=O)NCC1CCC2(CC1)OCCO2. The van der Waals surface area contributed by atoms with Crippen LogP contribution in [0.15, 0.2) is 30.3 Å². The van der Waals surface area contributed by atoms with Crippen molar-refractivity contribution in [3.05, 3.63) is 35.9 Å². The van der Waals surface area contributed by atoms with Crippen LogP contribution < -0.4 is 5.32 Å². The van der Waals surface area contributed by atoms with Crippen LogP contribution in [0.3, 0.4) is 0 Å². The Morgan fingerprint density at radius 1 is 1.21 bits per heavy atom. The zero-order valence-corrected chi connectivity index (χ0v) is 14.5. The number of urea groups is 1. The molecule has 1 aromatic carbocycles. The van der Waals surface area contributed by atoms with Crippen molar-refractivity contribution in [1.29, 1.82) is 0 Å². The molecular formula is C19H28N2O3. The van der Waals surface area contributed by atoms with Crippen molar-refractivity contribution >= 4 is 6.03 Å². The van der Waals surface area contributed by atoms with Gasteiger partial charge in [-0.25, -0.2) is 4.79 Å². The number of hydrogen-bond donors (Lipinski definition) is 1. The van der Waals surface area contributed by atoms with Crippen LogP contribution in [0.1, 0.15) is 38.2 Å². The van der Waals surface area contributed by atoms with E-state index in [1.807, 2.05) is 30.0 Å². The van der Waals surface area contributed by atoms with Gasteiger partial charge >= 0.3 is 6.03 Å². The zero-order valence-electron chi connectivity index (χ0n) is 14.5. The van der Waals surface area contributed by atoms with Crippen molar-refractivity contribution in [1.82, 2.24) is 10.2 Å². The Labute approximate surface area is 144 Å². The van der Waals surface area contributed by atoms with Crippen molar-refractivity contribution in [2.24, 2.45) is 5.92 Å². The molecule has 2 amide bonds. The molecule has 1 N–H and O–H groups in total. The van der Waals surface area contributed by atoms with Crippen LogP contribution >= 0.6 is 0 Å². The van der Waals surface area contributed by atoms with Crippen LogP contribution in [0.25, 0.3) is 0 Å². The lowest BCUT2D eigenvalue weighted by Gasteiger charge is -2.35. The van der Waals surface area contributed by atoms with E-state index >= 15 is 0 Å². The van der Waals surface area contributed by atoms with E-state index in [9.17, 15) is 4.79 Å². The van der Waals surface area contributed by atoms with Gasteiger partial charge in [-0.3, -0.25) is 0 Å². The minimum Gasteiger partial charge on any atom is -0.348 e. The van der Waals surface area contributed by atoms with Crippen LogP contribution in [0.5, 0.6) is 0 Å². The summed E-state index contributed by atoms with van der Waals surface area (Å²) in [7, 11) is 0. The third kappa shape index (κ3) is 4.28. The summed E-state index contributed by atoms with van der Waals surface area (Å²) in [5, 5.41) is 3.11. The molecular weight excluding hydrogens is 304 g/mol. The Kier molecular flexibility index (Phi) is 5.74. The molecule has 2 aliphatic rings. The summed E-state index contributed by atoms with van der Waals surface area (Å²) < 4.78 is 11.5. The van der Waals surface area contributed by atoms with Gasteiger partial charge in [-0.15, -0.1) is 0 Å². The van der Waals surface area contributed by atoms with Crippen LogP contribution in [0, 0.1) is 5.92 Å². The van der Waals surface area contributed by atoms with Gasteiger partial charge in [-0.05, 0) is 31.2 Å². The second-order valence-corrected chi connectivity index (χ2v) is 6.74. The Morgan fingerprint density at radius 2 is 1.88 bits per heavy atom. The molecule has 0 aromatic heterocycles. The molecule has 1 aliphatic carbocycles. The highest BCUT2D eigenvalue weighted by Gasteiger charge is 2.40. The molecule has 24 heavy (non-hydrogen) atoms. The predicted molar refractivity (Wildman–Crippen MR) is 92.5 cm³/mol. The van der Waals surface area contributed by atoms with Gasteiger partial charge < -0.3 is 19.7 Å². The maximum atomic E-state index is 12.4. The number of ether oxygens (including phenoxy) is 2. The summed E-state index contributed by atoms with van der Waals surface area (Å²) >= 11 is 0. The molecule has 1 heterocycles. The second-order valence-electron chi connectivity index (χ2n) is 6.74. The Balaban J connectivity index is 1.43. The van der Waals surface area contributed by atoms with E-state index in [4.69, 9.17) is 9.47 Å². The van der Waals surface area contributed by atoms with Crippen molar-refractivity contribution in [2.75, 3.05) is 26.3 Å². The molecule has 1 aliphatic heterocycles. The number of nitrogens with zero attached hydrogens (tertiary/aromatic N) is 1. The second kappa shape index (κ2) is 7.99. The first kappa shape index (κ1) is 17.2. The molecule has 2 fully saturated rings. The van der Waals surface area contributed by atoms with Gasteiger partial charge in [0.1, 0.15) is 0 Å². The van der Waals surface area contributed by atoms with E-state index in [1.165, 1.54) is 0 Å². The van der Waals surface area contributed by atoms with E-state index < -0.39 is 0 Å². The quantitative estimate of drug-likeness (QED) is 0.901. The number of carbonyl (C=O) groups is 1. The average molecular weight is 332 g/mol. The van der Waals surface area contributed by atoms with Gasteiger partial charge in [-0.2, -0.15) is 0 Å². The molecule has 5 heteroatoms. The first-order chi connectivity index (χ1) is 11.7. The van der Waals surface area contributed by atoms with Gasteiger partial charge in [0.25, 0.3) is 0 Å². The van der Waals surface area contributed by atoms with E-state index in [0.717, 1.165) is 37.8 Å². The van der Waals surface area contributed by atoms with Gasteiger partial charge in [0.05, 0.1) is 13.2 Å². The monoisotopic (exact) mass is 332 g/mol. The first-order valence-electron chi connectivity index (χ1n) is 9.05. The smallest absolute Gasteiger partial charge is 0.317 e. The van der Waals surface area contributed by atoms with Gasteiger partial charge in [-0.1, -0.05) is 30.3 Å². The third-order valence-corrected chi connectivity index (χ3v) is 5.11. The maximum Gasteiger partial charge on any atom is 0.317 e. The Hall–Kier alpha value is -1.59. The molecule has 0 bridgehead atoms. The highest BCUT2D eigenvalue weighted by atomic mass is 16.7. The minimum atomic E-state index is -0.316. The Bertz CT molecular complexity index is 519. The standard InChI is InChI=1S/C19H28N2O3/c1-2-21(15-17-6-4-3-5-7-17)18(22)20-14-16-8-10-19(11-9-16)23-12-13-24-19/h3-7,16H,2,8-15H2,1H3,(H,20,22). The molecule has 1 aromatic rings. The number of rotatable bonds is 5. The molecule has 1 saturated carbocycles. The Morgan fingerprint density at radius 3 is 2.50 bits per heavy atom. The fraction of sp³-hybridized carbons (Fsp3) is 0.632. The molecule has 132 valence electrons. The van der Waals surface area contributed by atoms with Crippen LogP contribution in [-0.2, 0) is 16.0 Å². The number of hydrogen-bond acceptors (Lipinski definition) is 3. The van der Waals surface area contributed by atoms with Gasteiger partial charge in [0, 0.05) is 32.5 Å². The van der Waals surface area contributed by atoms with Crippen LogP contribution in [0.2, 0.25) is 0 Å². The highest BCUT2D eigenvalue weighted by Crippen LogP contribution is 2.37. The summed E-state index contributed by atoms with van der Waals surface area (Å²) in [6, 6.07) is 10.1. The van der Waals surface area contributed by atoms with Gasteiger partial charge in [0.2, 0.25) is 0 Å². The molecule has 1 spiro atoms. The fourth-order valence-electron chi connectivity index (χ4n) is 3.58. The lowest BCUT2D eigenvalue weighted by molar-refractivity contribution is -0.182. The van der Waals surface area contributed by atoms with Crippen molar-refractivity contribution < 1.29 is 14.3 Å². The van der Waals surface area contributed by atoms with Crippen molar-refractivity contribution in [2.45, 2.75) is 44.9 Å². The van der Waals surface area contributed by atoms with E-state index in [0.29, 0.717) is 32.2 Å². The molecule has 0 radical (unpaired) electrons. The van der Waals surface area contributed by atoms with Crippen molar-refractivity contribution in [3.8, 4) is 0 Å². The molecule has 0 atom stereocenters. The summed E-state index contributed by atoms with van der Waals surface area (Å²) in [5.74, 6) is 0.200. The number of benzene rings is 1. The van der Waals surface area contributed by atoms with Gasteiger partial charge in [0.15, 0.2) is 5.79 Å². The van der Waals surface area contributed by atoms with E-state index in [-0.39, 0.29) is 11.8 Å². The number of amides is 2. The maximum absolute atomic E-state index is 12.4. The highest BCUT2D eigenvalue weighted by molar-refractivity contribution is 5.74. The summed E-state index contributed by atoms with van der Waals surface area (Å²) in [6.45, 7) is 5.54. The molecule has 0 unspecified atom stereocenters. The first-order valence-corrected chi connectivity index (χ1v) is 9.05. The van der Waals surface area contributed by atoms with E-state index in [2.05, 4.69) is 17.4 Å². The minimum absolute atomic E-state index is 0.0232. The lowest BCUT2D eigenvalue weighted by atomic mass is 9.85. The fourth-order valence-corrected chi connectivity index (χ4v) is 3.58. The predicted octanol–water partition coefficient (Wildman–Crippen LogP) is 3.15. The normalized spacial score (nSPS) is 20.2. The number of nitrogens with one attached hydrogen (secondary N) is 1. The molecule has 3 rings (SSSR count). The number of carbonyl (C=O) groups excluding carboxylic acids is 1.